The Morgan fingerprint density at radius 2 is 1.83 bits per heavy atom. The highest BCUT2D eigenvalue weighted by Gasteiger charge is 2.43. The zero-order valence-corrected chi connectivity index (χ0v) is 37.4. The largest absolute Gasteiger partial charge is 0.508 e. The Hall–Kier alpha value is -6.35. The second kappa shape index (κ2) is 17.0. The summed E-state index contributed by atoms with van der Waals surface area (Å²) in [6, 6.07) is 9.57. The van der Waals surface area contributed by atoms with Crippen LogP contribution in [0.3, 0.4) is 0 Å². The fourth-order valence-electron chi connectivity index (χ4n) is 11.1. The first kappa shape index (κ1) is 42.9. The molecule has 3 N–H and O–H groups in total. The first-order chi connectivity index (χ1) is 30.8. The molecule has 2 aromatic carbocycles. The van der Waals surface area contributed by atoms with E-state index in [2.05, 4.69) is 68.5 Å². The molecule has 9 rings (SSSR count). The van der Waals surface area contributed by atoms with E-state index in [-0.39, 0.29) is 48.4 Å². The van der Waals surface area contributed by atoms with Gasteiger partial charge in [0.25, 0.3) is 5.91 Å². The number of hydrogen-bond donors (Lipinski definition) is 3. The number of phenolic OH excluding ortho intramolecular Hbond substituents is 1. The Kier molecular flexibility index (Phi) is 11.4. The lowest BCUT2D eigenvalue weighted by Crippen LogP contribution is -2.60. The van der Waals surface area contributed by atoms with Crippen molar-refractivity contribution >= 4 is 34.5 Å². The van der Waals surface area contributed by atoms with Crippen LogP contribution < -0.4 is 10.7 Å². The van der Waals surface area contributed by atoms with Gasteiger partial charge in [0.1, 0.15) is 30.0 Å². The van der Waals surface area contributed by atoms with Crippen molar-refractivity contribution in [1.29, 1.82) is 0 Å². The van der Waals surface area contributed by atoms with E-state index in [4.69, 9.17) is 4.98 Å². The molecular weight excluding hydrogens is 809 g/mol. The van der Waals surface area contributed by atoms with Gasteiger partial charge in [0.2, 0.25) is 17.7 Å². The van der Waals surface area contributed by atoms with Gasteiger partial charge in [0.05, 0.1) is 17.7 Å². The molecule has 0 saturated carbocycles. The van der Waals surface area contributed by atoms with Crippen LogP contribution in [0.25, 0.3) is 33.3 Å². The number of aromatic hydroxyl groups is 1. The van der Waals surface area contributed by atoms with E-state index >= 15 is 0 Å². The summed E-state index contributed by atoms with van der Waals surface area (Å²) in [6.45, 7) is 14.4. The molecule has 5 aromatic rings. The molecule has 7 heterocycles. The van der Waals surface area contributed by atoms with Gasteiger partial charge in [0, 0.05) is 92.4 Å². The lowest BCUT2D eigenvalue weighted by atomic mass is 9.72. The number of nitrogens with zero attached hydrogens (tertiary/aromatic N) is 8. The third-order valence-corrected chi connectivity index (χ3v) is 14.1. The summed E-state index contributed by atoms with van der Waals surface area (Å²) in [5.74, 6) is -1.10. The van der Waals surface area contributed by atoms with E-state index < -0.39 is 29.3 Å². The van der Waals surface area contributed by atoms with Crippen molar-refractivity contribution in [3.05, 3.63) is 96.6 Å². The van der Waals surface area contributed by atoms with E-state index in [1.54, 1.807) is 35.4 Å². The highest BCUT2D eigenvalue weighted by atomic mass is 16.3. The van der Waals surface area contributed by atoms with Crippen molar-refractivity contribution < 1.29 is 24.3 Å². The molecule has 0 radical (unpaired) electrons. The summed E-state index contributed by atoms with van der Waals surface area (Å²) >= 11 is 0. The molecule has 0 aliphatic carbocycles. The maximum Gasteiger partial charge on any atom is 0.259 e. The minimum absolute atomic E-state index is 0.0361. The van der Waals surface area contributed by atoms with Gasteiger partial charge in [-0.05, 0) is 104 Å². The van der Waals surface area contributed by atoms with Crippen LogP contribution in [0.1, 0.15) is 88.5 Å². The van der Waals surface area contributed by atoms with Crippen molar-refractivity contribution in [2.75, 3.05) is 26.7 Å². The maximum absolute atomic E-state index is 15.0. The Bertz CT molecular complexity index is 2650. The molecule has 0 spiro atoms. The molecule has 5 atom stereocenters. The molecule has 64 heavy (non-hydrogen) atoms. The van der Waals surface area contributed by atoms with Crippen molar-refractivity contribution in [2.45, 2.75) is 103 Å². The monoisotopic (exact) mass is 866 g/mol. The maximum atomic E-state index is 15.0. The quantitative estimate of drug-likeness (QED) is 0.170. The average molecular weight is 867 g/mol. The molecule has 15 heteroatoms. The fourth-order valence-corrected chi connectivity index (χ4v) is 11.1. The zero-order valence-electron chi connectivity index (χ0n) is 37.4. The van der Waals surface area contributed by atoms with Crippen LogP contribution in [0.15, 0.2) is 74.0 Å². The molecule has 10 bridgehead atoms. The molecule has 4 aliphatic heterocycles. The van der Waals surface area contributed by atoms with Gasteiger partial charge in [0.15, 0.2) is 0 Å². The molecule has 4 amide bonds. The number of fused-ring (bicyclic) bond motifs is 8. The number of imidazole rings is 1. The van der Waals surface area contributed by atoms with Gasteiger partial charge in [-0.3, -0.25) is 24.2 Å². The number of benzene rings is 2. The summed E-state index contributed by atoms with van der Waals surface area (Å²) in [5, 5.41) is 17.2. The third kappa shape index (κ3) is 7.42. The third-order valence-electron chi connectivity index (χ3n) is 14.1. The summed E-state index contributed by atoms with van der Waals surface area (Å²) in [4.78, 5) is 72.9. The number of nitrogens with one attached hydrogen (secondary N) is 2. The fraction of sp³-hybridized carbons (Fsp3) is 0.449. The normalized spacial score (nSPS) is 22.4. The van der Waals surface area contributed by atoms with Crippen molar-refractivity contribution in [1.82, 2.24) is 49.6 Å². The van der Waals surface area contributed by atoms with Gasteiger partial charge in [-0.1, -0.05) is 32.6 Å². The van der Waals surface area contributed by atoms with Crippen LogP contribution in [0.2, 0.25) is 0 Å². The molecule has 15 nitrogen and oxygen atoms in total. The molecular formula is C49H58N10O5. The average Bonchev–Trinajstić information content (AvgIpc) is 4.05. The summed E-state index contributed by atoms with van der Waals surface area (Å²) in [5.41, 5.74) is 10.7. The molecule has 4 aliphatic rings. The highest BCUT2D eigenvalue weighted by Crippen LogP contribution is 2.50. The lowest BCUT2D eigenvalue weighted by molar-refractivity contribution is -0.146. The zero-order chi connectivity index (χ0) is 45.0. The number of likely N-dealkylation sites (N-methyl/N-ethyl adjacent to an activating group) is 1. The Balaban J connectivity index is 1.15. The van der Waals surface area contributed by atoms with Gasteiger partial charge < -0.3 is 29.4 Å². The minimum Gasteiger partial charge on any atom is -0.508 e. The van der Waals surface area contributed by atoms with E-state index in [1.807, 2.05) is 38.5 Å². The number of likely N-dealkylation sites (tertiary alicyclic amines) is 1. The number of rotatable bonds is 8. The van der Waals surface area contributed by atoms with Crippen LogP contribution in [0, 0.1) is 11.8 Å². The number of hydrogen-bond acceptors (Lipinski definition) is 9. The number of phenols is 1. The summed E-state index contributed by atoms with van der Waals surface area (Å²) < 4.78 is 4.69. The molecule has 2 fully saturated rings. The molecule has 2 saturated heterocycles. The number of carbonyl (C=O) groups is 4. The number of carbonyl (C=O) groups excluding carboxylic acids is 4. The first-order valence-electron chi connectivity index (χ1n) is 22.7. The standard InChI is InChI=1S/C49H58N10O5/c1-7-41(61)56-18-14-32(27-56)47(63)55(6)43(29(3)4)46(62)53-38-21-30-19-33(22-35(60)20-30)31-12-13-39-36(23-31)42(44(57(39)8-2)34-24-50-28-51-25-34)49(5)15-10-16-58-40(49)26-52-45(58)37-11-9-17-59(54-37)48(38)64/h7,12-13,19-20,22-26,28-29,32,37-38,43,54,60H,1,8-11,14-18,21,27H2,2-6H3,(H,53,62)/t32?,37-,38-,43?,49?/m0/s1. The number of aromatic nitrogens is 5. The Labute approximate surface area is 373 Å². The van der Waals surface area contributed by atoms with Crippen LogP contribution in [-0.4, -0.2) is 106 Å². The van der Waals surface area contributed by atoms with Crippen LogP contribution in [0.4, 0.5) is 0 Å². The van der Waals surface area contributed by atoms with E-state index in [0.29, 0.717) is 31.5 Å². The van der Waals surface area contributed by atoms with Gasteiger partial charge in [-0.15, -0.1) is 0 Å². The van der Waals surface area contributed by atoms with E-state index in [9.17, 15) is 24.3 Å². The van der Waals surface area contributed by atoms with Crippen molar-refractivity contribution in [3.8, 4) is 28.1 Å². The number of amides is 4. The van der Waals surface area contributed by atoms with Crippen LogP contribution >= 0.6 is 0 Å². The van der Waals surface area contributed by atoms with Gasteiger partial charge in [-0.2, -0.15) is 0 Å². The Morgan fingerprint density at radius 3 is 2.58 bits per heavy atom. The second-order valence-corrected chi connectivity index (χ2v) is 18.5. The number of aryl methyl sites for hydroxylation is 1. The van der Waals surface area contributed by atoms with E-state index in [0.717, 1.165) is 77.2 Å². The summed E-state index contributed by atoms with van der Waals surface area (Å²) in [6.07, 6.45) is 12.4. The van der Waals surface area contributed by atoms with Crippen LogP contribution in [0.5, 0.6) is 5.75 Å². The molecule has 3 aromatic heterocycles. The smallest absolute Gasteiger partial charge is 0.259 e. The second-order valence-electron chi connectivity index (χ2n) is 18.5. The molecule has 334 valence electrons. The van der Waals surface area contributed by atoms with Gasteiger partial charge >= 0.3 is 0 Å². The lowest BCUT2D eigenvalue weighted by Gasteiger charge is -2.39. The predicted molar refractivity (Wildman–Crippen MR) is 242 cm³/mol. The number of hydrazine groups is 1. The predicted octanol–water partition coefficient (Wildman–Crippen LogP) is 5.51. The SMILES string of the molecule is C=CC(=O)N1CCC(C(=O)N(C)C(C(=O)N[C@H]2Cc3cc(O)cc(c3)-c3ccc4c(c3)c(c(-c3cncnc3)n4CC)C3(C)CCCn4c3cnc4[C@@H]3CCCN(N3)C2=O)C(C)C)C1. The minimum atomic E-state index is -1.05. The highest BCUT2D eigenvalue weighted by molar-refractivity contribution is 5.97. The van der Waals surface area contributed by atoms with Crippen LogP contribution in [-0.2, 0) is 44.1 Å². The van der Waals surface area contributed by atoms with Crippen molar-refractivity contribution in [3.63, 3.8) is 0 Å². The summed E-state index contributed by atoms with van der Waals surface area (Å²) in [7, 11) is 1.62. The topological polar surface area (TPSA) is 171 Å². The molecule has 3 unspecified atom stereocenters. The van der Waals surface area contributed by atoms with Crippen molar-refractivity contribution in [2.24, 2.45) is 11.8 Å². The van der Waals surface area contributed by atoms with E-state index in [1.165, 1.54) is 16.5 Å². The van der Waals surface area contributed by atoms with Gasteiger partial charge in [-0.25, -0.2) is 20.4 Å². The Morgan fingerprint density at radius 1 is 1.03 bits per heavy atom. The first-order valence-corrected chi connectivity index (χ1v) is 22.7.